The van der Waals surface area contributed by atoms with Crippen LogP contribution in [-0.4, -0.2) is 15.9 Å². The van der Waals surface area contributed by atoms with Crippen LogP contribution in [0.2, 0.25) is 0 Å². The van der Waals surface area contributed by atoms with Crippen molar-refractivity contribution in [2.24, 2.45) is 11.8 Å². The first-order valence-electron chi connectivity index (χ1n) is 6.32. The molecule has 19 heavy (non-hydrogen) atoms. The van der Waals surface area contributed by atoms with Crippen molar-refractivity contribution in [2.45, 2.75) is 39.7 Å². The Morgan fingerprint density at radius 3 is 2.58 bits per heavy atom. The van der Waals surface area contributed by atoms with Crippen LogP contribution in [0.5, 0.6) is 0 Å². The molecule has 1 unspecified atom stereocenters. The molecule has 0 saturated carbocycles. The summed E-state index contributed by atoms with van der Waals surface area (Å²) in [6.45, 7) is 6.27. The first-order valence-corrected chi connectivity index (χ1v) is 6.32. The van der Waals surface area contributed by atoms with Gasteiger partial charge in [0.1, 0.15) is 5.82 Å². The first-order chi connectivity index (χ1) is 8.93. The second kappa shape index (κ2) is 6.89. The van der Waals surface area contributed by atoms with Crippen LogP contribution in [0.15, 0.2) is 12.1 Å². The van der Waals surface area contributed by atoms with Crippen molar-refractivity contribution >= 4 is 17.3 Å². The van der Waals surface area contributed by atoms with E-state index in [0.717, 1.165) is 12.8 Å². The van der Waals surface area contributed by atoms with E-state index in [2.05, 4.69) is 29.6 Å². The molecule has 1 atom stereocenters. The number of hydrazine groups is 1. The second-order valence-electron chi connectivity index (χ2n) is 4.98. The standard InChI is InChI=1S/C12H21N5O2/c1-8(2)4-5-9(3)14-12-10(17(18)19)6-7-11(15-12)16-13/h6-9H,4-5,13H2,1-3H3,(H2,14,15,16). The maximum Gasteiger partial charge on any atom is 0.311 e. The molecule has 1 rings (SSSR count). The van der Waals surface area contributed by atoms with Gasteiger partial charge in [0.15, 0.2) is 0 Å². The Morgan fingerprint density at radius 1 is 1.37 bits per heavy atom. The van der Waals surface area contributed by atoms with Crippen LogP contribution in [0.3, 0.4) is 0 Å². The number of nitrogens with zero attached hydrogens (tertiary/aromatic N) is 2. The van der Waals surface area contributed by atoms with Crippen molar-refractivity contribution in [1.82, 2.24) is 4.98 Å². The summed E-state index contributed by atoms with van der Waals surface area (Å²) in [7, 11) is 0. The molecule has 4 N–H and O–H groups in total. The van der Waals surface area contributed by atoms with Crippen molar-refractivity contribution in [2.75, 3.05) is 10.7 Å². The van der Waals surface area contributed by atoms with Gasteiger partial charge in [-0.25, -0.2) is 10.8 Å². The Kier molecular flexibility index (Phi) is 5.50. The van der Waals surface area contributed by atoms with E-state index in [1.807, 2.05) is 6.92 Å². The predicted molar refractivity (Wildman–Crippen MR) is 75.9 cm³/mol. The molecule has 106 valence electrons. The van der Waals surface area contributed by atoms with Gasteiger partial charge in [-0.05, 0) is 31.7 Å². The highest BCUT2D eigenvalue weighted by Gasteiger charge is 2.17. The van der Waals surface area contributed by atoms with Gasteiger partial charge in [-0.3, -0.25) is 10.1 Å². The fraction of sp³-hybridized carbons (Fsp3) is 0.583. The zero-order valence-corrected chi connectivity index (χ0v) is 11.5. The molecule has 1 aromatic heterocycles. The van der Waals surface area contributed by atoms with Crippen LogP contribution in [0, 0.1) is 16.0 Å². The summed E-state index contributed by atoms with van der Waals surface area (Å²) in [6.07, 6.45) is 1.98. The molecule has 0 spiro atoms. The van der Waals surface area contributed by atoms with Crippen molar-refractivity contribution < 1.29 is 4.92 Å². The number of pyridine rings is 1. The van der Waals surface area contributed by atoms with Gasteiger partial charge in [-0.15, -0.1) is 0 Å². The van der Waals surface area contributed by atoms with Gasteiger partial charge >= 0.3 is 5.69 Å². The third-order valence-electron chi connectivity index (χ3n) is 2.78. The number of nitro groups is 1. The van der Waals surface area contributed by atoms with E-state index in [4.69, 9.17) is 5.84 Å². The van der Waals surface area contributed by atoms with Crippen LogP contribution < -0.4 is 16.6 Å². The molecule has 0 amide bonds. The van der Waals surface area contributed by atoms with Gasteiger partial charge in [0.25, 0.3) is 0 Å². The van der Waals surface area contributed by atoms with Crippen molar-refractivity contribution in [1.29, 1.82) is 0 Å². The lowest BCUT2D eigenvalue weighted by Crippen LogP contribution is -2.18. The third kappa shape index (κ3) is 4.70. The normalized spacial score (nSPS) is 12.3. The van der Waals surface area contributed by atoms with E-state index < -0.39 is 4.92 Å². The number of hydrogen-bond acceptors (Lipinski definition) is 6. The highest BCUT2D eigenvalue weighted by Crippen LogP contribution is 2.25. The van der Waals surface area contributed by atoms with Crippen LogP contribution in [-0.2, 0) is 0 Å². The molecular weight excluding hydrogens is 246 g/mol. The zero-order chi connectivity index (χ0) is 14.4. The van der Waals surface area contributed by atoms with Crippen molar-refractivity contribution in [3.8, 4) is 0 Å². The molecule has 0 radical (unpaired) electrons. The number of nitrogens with one attached hydrogen (secondary N) is 2. The van der Waals surface area contributed by atoms with Crippen LogP contribution in [0.1, 0.15) is 33.6 Å². The van der Waals surface area contributed by atoms with E-state index in [1.54, 1.807) is 0 Å². The van der Waals surface area contributed by atoms with Crippen molar-refractivity contribution in [3.05, 3.63) is 22.2 Å². The molecule has 0 aliphatic rings. The average Bonchev–Trinajstić information content (AvgIpc) is 2.35. The number of nitrogen functional groups attached to an aromatic ring is 1. The fourth-order valence-electron chi connectivity index (χ4n) is 1.67. The molecule has 0 fully saturated rings. The Balaban J connectivity index is 2.82. The molecule has 0 aliphatic heterocycles. The smallest absolute Gasteiger partial charge is 0.311 e. The van der Waals surface area contributed by atoms with Crippen LogP contribution in [0.25, 0.3) is 0 Å². The Hall–Kier alpha value is -1.89. The quantitative estimate of drug-likeness (QED) is 0.398. The van der Waals surface area contributed by atoms with E-state index in [0.29, 0.717) is 11.7 Å². The fourth-order valence-corrected chi connectivity index (χ4v) is 1.67. The Labute approximate surface area is 112 Å². The Bertz CT molecular complexity index is 436. The maximum atomic E-state index is 10.9. The molecule has 0 saturated heterocycles. The average molecular weight is 267 g/mol. The summed E-state index contributed by atoms with van der Waals surface area (Å²) in [5.41, 5.74) is 2.34. The summed E-state index contributed by atoms with van der Waals surface area (Å²) < 4.78 is 0. The van der Waals surface area contributed by atoms with Crippen LogP contribution >= 0.6 is 0 Å². The topological polar surface area (TPSA) is 106 Å². The number of hydrogen-bond donors (Lipinski definition) is 3. The third-order valence-corrected chi connectivity index (χ3v) is 2.78. The summed E-state index contributed by atoms with van der Waals surface area (Å²) in [6, 6.07) is 2.98. The number of rotatable bonds is 7. The SMILES string of the molecule is CC(C)CCC(C)Nc1nc(NN)ccc1[N+](=O)[O-]. The molecule has 7 nitrogen and oxygen atoms in total. The van der Waals surface area contributed by atoms with E-state index in [9.17, 15) is 10.1 Å². The monoisotopic (exact) mass is 267 g/mol. The van der Waals surface area contributed by atoms with Gasteiger partial charge in [0.05, 0.1) is 4.92 Å². The molecule has 1 aromatic rings. The van der Waals surface area contributed by atoms with E-state index in [1.165, 1.54) is 12.1 Å². The highest BCUT2D eigenvalue weighted by molar-refractivity contribution is 5.60. The van der Waals surface area contributed by atoms with Gasteiger partial charge < -0.3 is 10.7 Å². The number of nitrogens with two attached hydrogens (primary N) is 1. The molecule has 0 aromatic carbocycles. The molecule has 1 heterocycles. The number of anilines is 2. The molecule has 0 bridgehead atoms. The lowest BCUT2D eigenvalue weighted by Gasteiger charge is -2.16. The number of aromatic nitrogens is 1. The lowest BCUT2D eigenvalue weighted by molar-refractivity contribution is -0.384. The summed E-state index contributed by atoms with van der Waals surface area (Å²) >= 11 is 0. The van der Waals surface area contributed by atoms with Gasteiger partial charge in [0.2, 0.25) is 5.82 Å². The van der Waals surface area contributed by atoms with E-state index in [-0.39, 0.29) is 17.5 Å². The van der Waals surface area contributed by atoms with Gasteiger partial charge in [-0.2, -0.15) is 0 Å². The summed E-state index contributed by atoms with van der Waals surface area (Å²) in [4.78, 5) is 14.6. The van der Waals surface area contributed by atoms with Gasteiger partial charge in [-0.1, -0.05) is 13.8 Å². The van der Waals surface area contributed by atoms with Crippen LogP contribution in [0.4, 0.5) is 17.3 Å². The molecule has 7 heteroatoms. The first kappa shape index (κ1) is 15.2. The zero-order valence-electron chi connectivity index (χ0n) is 11.5. The largest absolute Gasteiger partial charge is 0.362 e. The Morgan fingerprint density at radius 2 is 2.05 bits per heavy atom. The van der Waals surface area contributed by atoms with Crippen molar-refractivity contribution in [3.63, 3.8) is 0 Å². The highest BCUT2D eigenvalue weighted by atomic mass is 16.6. The minimum atomic E-state index is -0.454. The molecular formula is C12H21N5O2. The van der Waals surface area contributed by atoms with Gasteiger partial charge in [0, 0.05) is 12.1 Å². The van der Waals surface area contributed by atoms with E-state index >= 15 is 0 Å². The second-order valence-corrected chi connectivity index (χ2v) is 4.98. The predicted octanol–water partition coefficient (Wildman–Crippen LogP) is 2.51. The summed E-state index contributed by atoms with van der Waals surface area (Å²) in [5.74, 6) is 6.50. The summed E-state index contributed by atoms with van der Waals surface area (Å²) in [5, 5.41) is 14.0. The minimum Gasteiger partial charge on any atom is -0.362 e. The lowest BCUT2D eigenvalue weighted by atomic mass is 10.0. The minimum absolute atomic E-state index is 0.0459. The molecule has 0 aliphatic carbocycles. The maximum absolute atomic E-state index is 10.9.